The number of benzene rings is 2. The quantitative estimate of drug-likeness (QED) is 0.306. The number of hydrogen-bond acceptors (Lipinski definition) is 6. The summed E-state index contributed by atoms with van der Waals surface area (Å²) in [5.74, 6) is -1.15. The number of rotatable bonds is 9. The highest BCUT2D eigenvalue weighted by atomic mass is 32.2. The van der Waals surface area contributed by atoms with Crippen LogP contribution >= 0.6 is 0 Å². The summed E-state index contributed by atoms with van der Waals surface area (Å²) in [7, 11) is -5.19. The van der Waals surface area contributed by atoms with Gasteiger partial charge in [-0.15, -0.1) is 0 Å². The van der Waals surface area contributed by atoms with Crippen LogP contribution in [0.5, 0.6) is 0 Å². The Balaban J connectivity index is 1.19. The lowest BCUT2D eigenvalue weighted by atomic mass is 10.0. The molecule has 2 aromatic carbocycles. The molecule has 43 heavy (non-hydrogen) atoms. The van der Waals surface area contributed by atoms with Gasteiger partial charge in [0.1, 0.15) is 6.04 Å². The molecular weight excluding hydrogens is 589 g/mol. The van der Waals surface area contributed by atoms with Gasteiger partial charge in [-0.05, 0) is 48.2 Å². The van der Waals surface area contributed by atoms with E-state index in [1.54, 1.807) is 28.0 Å². The number of nitrogens with zero attached hydrogens (tertiary/aromatic N) is 4. The summed E-state index contributed by atoms with van der Waals surface area (Å²) < 4.78 is 26.9. The number of nitrogens with one attached hydrogen (secondary N) is 2. The molecule has 0 aliphatic carbocycles. The second-order valence-corrected chi connectivity index (χ2v) is 20.0. The van der Waals surface area contributed by atoms with Crippen molar-refractivity contribution >= 4 is 52.7 Å². The van der Waals surface area contributed by atoms with Gasteiger partial charge >= 0.3 is 18.0 Å². The van der Waals surface area contributed by atoms with Gasteiger partial charge in [-0.25, -0.2) is 22.8 Å². The number of hydrogen-bond donors (Lipinski definition) is 3. The molecule has 0 bridgehead atoms. The summed E-state index contributed by atoms with van der Waals surface area (Å²) >= 11 is 0. The Morgan fingerprint density at radius 2 is 1.86 bits per heavy atom. The molecule has 12 nitrogen and oxygen atoms in total. The van der Waals surface area contributed by atoms with Crippen LogP contribution in [0.2, 0.25) is 25.7 Å². The van der Waals surface area contributed by atoms with E-state index in [2.05, 4.69) is 35.4 Å². The van der Waals surface area contributed by atoms with Crippen molar-refractivity contribution in [3.8, 4) is 0 Å². The number of aromatic nitrogens is 2. The molecule has 4 amide bonds. The molecular formula is C29H38N6O6SSi. The monoisotopic (exact) mass is 626 g/mol. The maximum Gasteiger partial charge on any atom is 0.326 e. The molecule has 1 unspecified atom stereocenters. The predicted octanol–water partition coefficient (Wildman–Crippen LogP) is 3.77. The molecule has 1 aromatic heterocycles. The molecule has 2 aliphatic heterocycles. The lowest BCUT2D eigenvalue weighted by Gasteiger charge is -2.40. The van der Waals surface area contributed by atoms with E-state index in [1.165, 1.54) is 6.20 Å². The maximum absolute atomic E-state index is 13.1. The molecule has 3 aromatic rings. The standard InChI is InChI=1S/C29H38N6O6SSi/c1-43(2,3)15-14-42(40,41)35-26-9-8-20(16-22(26)18-30-35)17-25(27(36)37)32-28(38)33-12-10-23(11-13-33)34-19-21-6-4-5-7-24(21)31-29(34)39/h4-9,16,18,23,25H,10-15,17,19H2,1-3H3,(H,31,39)(H,32,38)(H,36,37). The number of amides is 4. The molecule has 3 N–H and O–H groups in total. The number of fused-ring (bicyclic) bond motifs is 2. The van der Waals surface area contributed by atoms with Crippen molar-refractivity contribution < 1.29 is 27.9 Å². The topological polar surface area (TPSA) is 154 Å². The number of para-hydroxylation sites is 1. The molecule has 5 rings (SSSR count). The highest BCUT2D eigenvalue weighted by molar-refractivity contribution is 7.90. The van der Waals surface area contributed by atoms with Gasteiger partial charge in [-0.2, -0.15) is 9.19 Å². The van der Waals surface area contributed by atoms with E-state index in [0.29, 0.717) is 55.0 Å². The number of piperidine rings is 1. The van der Waals surface area contributed by atoms with Crippen molar-refractivity contribution in [3.05, 3.63) is 59.8 Å². The number of aliphatic carboxylic acids is 1. The lowest BCUT2D eigenvalue weighted by molar-refractivity contribution is -0.139. The fourth-order valence-electron chi connectivity index (χ4n) is 5.50. The Bertz CT molecular complexity index is 1640. The van der Waals surface area contributed by atoms with Crippen molar-refractivity contribution in [2.75, 3.05) is 24.2 Å². The maximum atomic E-state index is 13.1. The van der Waals surface area contributed by atoms with Gasteiger partial charge in [0.05, 0.1) is 17.5 Å². The van der Waals surface area contributed by atoms with Crippen LogP contribution in [0.1, 0.15) is 24.0 Å². The molecule has 1 saturated heterocycles. The molecule has 3 heterocycles. The summed E-state index contributed by atoms with van der Waals surface area (Å²) in [6.45, 7) is 7.64. The minimum absolute atomic E-state index is 0.0187. The SMILES string of the molecule is C[Si](C)(C)CCS(=O)(=O)n1ncc2cc(CC(NC(=O)N3CCC(N4Cc5ccccc5NC4=O)CC3)C(=O)O)ccc21. The van der Waals surface area contributed by atoms with Crippen LogP contribution < -0.4 is 10.6 Å². The van der Waals surface area contributed by atoms with Gasteiger partial charge in [-0.3, -0.25) is 0 Å². The van der Waals surface area contributed by atoms with Gasteiger partial charge in [0.15, 0.2) is 0 Å². The average molecular weight is 627 g/mol. The Morgan fingerprint density at radius 3 is 2.56 bits per heavy atom. The number of carbonyl (C=O) groups is 3. The van der Waals surface area contributed by atoms with E-state index in [9.17, 15) is 27.9 Å². The van der Waals surface area contributed by atoms with E-state index in [0.717, 1.165) is 15.3 Å². The number of carbonyl (C=O) groups excluding carboxylic acids is 2. The summed E-state index contributed by atoms with van der Waals surface area (Å²) in [6, 6.07) is 11.5. The summed E-state index contributed by atoms with van der Waals surface area (Å²) in [5.41, 5.74) is 2.93. The summed E-state index contributed by atoms with van der Waals surface area (Å²) in [6.07, 6.45) is 2.66. The van der Waals surface area contributed by atoms with Gasteiger partial charge < -0.3 is 25.5 Å². The largest absolute Gasteiger partial charge is 0.480 e. The molecule has 0 saturated carbocycles. The highest BCUT2D eigenvalue weighted by Crippen LogP contribution is 2.28. The Hall–Kier alpha value is -3.91. The predicted molar refractivity (Wildman–Crippen MR) is 166 cm³/mol. The number of anilines is 1. The molecule has 0 spiro atoms. The van der Waals surface area contributed by atoms with Gasteiger partial charge in [0.2, 0.25) is 0 Å². The van der Waals surface area contributed by atoms with E-state index in [-0.39, 0.29) is 24.2 Å². The second-order valence-electron chi connectivity index (χ2n) is 12.5. The zero-order valence-electron chi connectivity index (χ0n) is 24.6. The third-order valence-corrected chi connectivity index (χ3v) is 11.7. The van der Waals surface area contributed by atoms with Crippen LogP contribution in [0.25, 0.3) is 10.9 Å². The van der Waals surface area contributed by atoms with E-state index in [1.807, 2.05) is 24.3 Å². The molecule has 1 fully saturated rings. The third-order valence-electron chi connectivity index (χ3n) is 8.06. The molecule has 0 radical (unpaired) electrons. The molecule has 14 heteroatoms. The average Bonchev–Trinajstić information content (AvgIpc) is 3.39. The Morgan fingerprint density at radius 1 is 1.14 bits per heavy atom. The van der Waals surface area contributed by atoms with E-state index in [4.69, 9.17) is 0 Å². The van der Waals surface area contributed by atoms with Crippen molar-refractivity contribution in [1.82, 2.24) is 24.3 Å². The van der Waals surface area contributed by atoms with E-state index >= 15 is 0 Å². The van der Waals surface area contributed by atoms with Gasteiger partial charge in [-0.1, -0.05) is 43.9 Å². The van der Waals surface area contributed by atoms with Crippen molar-refractivity contribution in [1.29, 1.82) is 0 Å². The Labute approximate surface area is 252 Å². The van der Waals surface area contributed by atoms with Crippen LogP contribution in [0.4, 0.5) is 15.3 Å². The molecule has 2 aliphatic rings. The van der Waals surface area contributed by atoms with Gasteiger partial charge in [0.25, 0.3) is 10.0 Å². The Kier molecular flexibility index (Phi) is 8.52. The van der Waals surface area contributed by atoms with Crippen molar-refractivity contribution in [3.63, 3.8) is 0 Å². The van der Waals surface area contributed by atoms with Crippen LogP contribution in [0.15, 0.2) is 48.7 Å². The minimum atomic E-state index is -3.62. The fourth-order valence-corrected chi connectivity index (χ4v) is 9.81. The number of carboxylic acid groups (broad SMARTS) is 1. The smallest absolute Gasteiger partial charge is 0.326 e. The zero-order chi connectivity index (χ0) is 30.9. The van der Waals surface area contributed by atoms with Crippen LogP contribution in [-0.4, -0.2) is 89.5 Å². The van der Waals surface area contributed by atoms with Crippen molar-refractivity contribution in [2.24, 2.45) is 0 Å². The second kappa shape index (κ2) is 12.0. The summed E-state index contributed by atoms with van der Waals surface area (Å²) in [4.78, 5) is 41.2. The summed E-state index contributed by atoms with van der Waals surface area (Å²) in [5, 5.41) is 20.1. The van der Waals surface area contributed by atoms with E-state index < -0.39 is 36.1 Å². The third kappa shape index (κ3) is 7.01. The first kappa shape index (κ1) is 30.5. The number of carboxylic acids is 1. The number of likely N-dealkylation sites (tertiary alicyclic amines) is 1. The lowest BCUT2D eigenvalue weighted by Crippen LogP contribution is -2.54. The molecule has 1 atom stereocenters. The first-order valence-electron chi connectivity index (χ1n) is 14.4. The van der Waals surface area contributed by atoms with Crippen LogP contribution in [-0.2, 0) is 27.8 Å². The van der Waals surface area contributed by atoms with Crippen LogP contribution in [0, 0.1) is 0 Å². The minimum Gasteiger partial charge on any atom is -0.480 e. The first-order chi connectivity index (χ1) is 20.3. The first-order valence-corrected chi connectivity index (χ1v) is 19.8. The highest BCUT2D eigenvalue weighted by Gasteiger charge is 2.33. The van der Waals surface area contributed by atoms with Crippen LogP contribution in [0.3, 0.4) is 0 Å². The number of urea groups is 2. The normalized spacial score (nSPS) is 17.0. The molecule has 230 valence electrons. The van der Waals surface area contributed by atoms with Crippen molar-refractivity contribution in [2.45, 2.75) is 63.6 Å². The fraction of sp³-hybridized carbons (Fsp3) is 0.448. The van der Waals surface area contributed by atoms with Gasteiger partial charge in [0, 0.05) is 51.2 Å². The zero-order valence-corrected chi connectivity index (χ0v) is 26.4.